The maximum absolute atomic E-state index is 13.0. The van der Waals surface area contributed by atoms with Crippen molar-refractivity contribution in [3.05, 3.63) is 35.5 Å². The first-order valence-electron chi connectivity index (χ1n) is 5.37. The third-order valence-electron chi connectivity index (χ3n) is 2.96. The van der Waals surface area contributed by atoms with Crippen molar-refractivity contribution < 1.29 is 27.5 Å². The van der Waals surface area contributed by atoms with Gasteiger partial charge in [0.25, 0.3) is 0 Å². The Kier molecular flexibility index (Phi) is 2.22. The minimum atomic E-state index is -5.00. The largest absolute Gasteiger partial charge is 0.460 e. The summed E-state index contributed by atoms with van der Waals surface area (Å²) in [6.07, 6.45) is -4.19. The number of benzene rings is 1. The van der Waals surface area contributed by atoms with Crippen molar-refractivity contribution in [2.45, 2.75) is 18.9 Å². The summed E-state index contributed by atoms with van der Waals surface area (Å²) in [5, 5.41) is 13.1. The van der Waals surface area contributed by atoms with Crippen LogP contribution in [0, 0.1) is 6.92 Å². The van der Waals surface area contributed by atoms with E-state index in [1.807, 2.05) is 0 Å². The second kappa shape index (κ2) is 3.51. The summed E-state index contributed by atoms with van der Waals surface area (Å²) >= 11 is 0. The first-order chi connectivity index (χ1) is 8.83. The van der Waals surface area contributed by atoms with Crippen molar-refractivity contribution in [2.75, 3.05) is 0 Å². The molecule has 3 rings (SSSR count). The number of aryl methyl sites for hydroxylation is 1. The molecule has 19 heavy (non-hydrogen) atoms. The van der Waals surface area contributed by atoms with Crippen LogP contribution in [0.1, 0.15) is 11.1 Å². The van der Waals surface area contributed by atoms with Gasteiger partial charge in [0.15, 0.2) is 5.76 Å². The Labute approximate surface area is 105 Å². The highest BCUT2D eigenvalue weighted by molar-refractivity contribution is 5.72. The molecule has 1 aliphatic rings. The van der Waals surface area contributed by atoms with Gasteiger partial charge in [-0.05, 0) is 19.1 Å². The van der Waals surface area contributed by atoms with Crippen LogP contribution in [0.25, 0.3) is 11.3 Å². The van der Waals surface area contributed by atoms with Gasteiger partial charge in [-0.2, -0.15) is 13.2 Å². The van der Waals surface area contributed by atoms with Crippen LogP contribution in [0.15, 0.2) is 28.9 Å². The molecule has 100 valence electrons. The minimum Gasteiger partial charge on any atom is -0.449 e. The molecule has 0 bridgehead atoms. The summed E-state index contributed by atoms with van der Waals surface area (Å²) in [7, 11) is 0. The molecule has 2 aromatic rings. The zero-order chi connectivity index (χ0) is 13.8. The van der Waals surface area contributed by atoms with Gasteiger partial charge in [-0.25, -0.2) is 0 Å². The van der Waals surface area contributed by atoms with Crippen LogP contribution < -0.4 is 4.74 Å². The van der Waals surface area contributed by atoms with Crippen LogP contribution in [0.4, 0.5) is 13.2 Å². The van der Waals surface area contributed by atoms with Gasteiger partial charge in [-0.15, -0.1) is 0 Å². The Balaban J connectivity index is 2.27. The summed E-state index contributed by atoms with van der Waals surface area (Å²) < 4.78 is 48.6. The van der Waals surface area contributed by atoms with Gasteiger partial charge in [-0.3, -0.25) is 0 Å². The van der Waals surface area contributed by atoms with E-state index < -0.39 is 17.5 Å². The molecule has 1 aromatic heterocycles. The number of alkyl halides is 3. The highest BCUT2D eigenvalue weighted by Gasteiger charge is 2.62. The molecule has 0 aliphatic carbocycles. The van der Waals surface area contributed by atoms with E-state index in [2.05, 4.69) is 5.16 Å². The normalized spacial score (nSPS) is 21.5. The average Bonchev–Trinajstić information content (AvgIpc) is 2.79. The molecule has 0 saturated heterocycles. The Bertz CT molecular complexity index is 650. The zero-order valence-electron chi connectivity index (χ0n) is 9.65. The monoisotopic (exact) mass is 271 g/mol. The van der Waals surface area contributed by atoms with Gasteiger partial charge in [0, 0.05) is 0 Å². The van der Waals surface area contributed by atoms with E-state index in [1.165, 1.54) is 6.07 Å². The molecule has 0 spiro atoms. The number of aromatic nitrogens is 1. The van der Waals surface area contributed by atoms with E-state index >= 15 is 0 Å². The van der Waals surface area contributed by atoms with E-state index in [0.717, 1.165) is 11.8 Å². The topological polar surface area (TPSA) is 55.5 Å². The highest BCUT2D eigenvalue weighted by atomic mass is 19.4. The highest BCUT2D eigenvalue weighted by Crippen LogP contribution is 2.50. The molecule has 4 nitrogen and oxygen atoms in total. The molecule has 0 saturated carbocycles. The summed E-state index contributed by atoms with van der Waals surface area (Å²) in [4.78, 5) is 0. The van der Waals surface area contributed by atoms with E-state index in [0.29, 0.717) is 5.56 Å². The lowest BCUT2D eigenvalue weighted by molar-refractivity contribution is -0.345. The molecule has 2 heterocycles. The van der Waals surface area contributed by atoms with Gasteiger partial charge in [0.2, 0.25) is 0 Å². The number of fused-ring (bicyclic) bond motifs is 3. The summed E-state index contributed by atoms with van der Waals surface area (Å²) in [6, 6.07) is 4.54. The number of halogens is 3. The molecule has 7 heteroatoms. The molecule has 0 radical (unpaired) electrons. The molecular formula is C12H8F3NO3. The third kappa shape index (κ3) is 1.54. The van der Waals surface area contributed by atoms with Crippen LogP contribution in [0.5, 0.6) is 5.75 Å². The van der Waals surface area contributed by atoms with Gasteiger partial charge in [-0.1, -0.05) is 16.8 Å². The number of hydrogen-bond donors (Lipinski definition) is 1. The van der Waals surface area contributed by atoms with Crippen molar-refractivity contribution in [3.8, 4) is 17.1 Å². The smallest absolute Gasteiger partial charge is 0.449 e. The van der Waals surface area contributed by atoms with Crippen molar-refractivity contribution >= 4 is 0 Å². The number of rotatable bonds is 0. The number of hydrogen-bond acceptors (Lipinski definition) is 4. The molecule has 1 aliphatic heterocycles. The van der Waals surface area contributed by atoms with Crippen molar-refractivity contribution in [3.63, 3.8) is 0 Å². The van der Waals surface area contributed by atoms with Crippen LogP contribution in [0.2, 0.25) is 0 Å². The Morgan fingerprint density at radius 1 is 1.32 bits per heavy atom. The lowest BCUT2D eigenvalue weighted by Gasteiger charge is -2.33. The fourth-order valence-corrected chi connectivity index (χ4v) is 2.01. The predicted molar refractivity (Wildman–Crippen MR) is 57.3 cm³/mol. The number of ether oxygens (including phenoxy) is 1. The number of nitrogens with zero attached hydrogens (tertiary/aromatic N) is 1. The molecule has 1 N–H and O–H groups in total. The fraction of sp³-hybridized carbons (Fsp3) is 0.250. The van der Waals surface area contributed by atoms with Crippen molar-refractivity contribution in [2.24, 2.45) is 0 Å². The maximum Gasteiger partial charge on any atom is 0.460 e. The first kappa shape index (κ1) is 12.0. The molecule has 0 amide bonds. The standard InChI is InChI=1S/C12H8F3NO3/c1-6-2-3-9-7(4-6)10-8(5-16-19-10)11(17,18-9)12(13,14)15/h2-5,17H,1H3. The molecular weight excluding hydrogens is 263 g/mol. The van der Waals surface area contributed by atoms with E-state index in [-0.39, 0.29) is 11.5 Å². The molecule has 1 atom stereocenters. The van der Waals surface area contributed by atoms with Gasteiger partial charge in [0.1, 0.15) is 11.3 Å². The quantitative estimate of drug-likeness (QED) is 0.800. The van der Waals surface area contributed by atoms with Crippen LogP contribution in [0.3, 0.4) is 0 Å². The molecule has 1 unspecified atom stereocenters. The first-order valence-corrected chi connectivity index (χ1v) is 5.37. The maximum atomic E-state index is 13.0. The lowest BCUT2D eigenvalue weighted by Crippen LogP contribution is -2.48. The number of aliphatic hydroxyl groups is 1. The predicted octanol–water partition coefficient (Wildman–Crippen LogP) is 2.75. The minimum absolute atomic E-state index is 0.102. The van der Waals surface area contributed by atoms with Crippen molar-refractivity contribution in [1.29, 1.82) is 0 Å². The SMILES string of the molecule is Cc1ccc2c(c1)-c1oncc1C(O)(C(F)(F)F)O2. The van der Waals surface area contributed by atoms with E-state index in [9.17, 15) is 18.3 Å². The Morgan fingerprint density at radius 3 is 2.74 bits per heavy atom. The van der Waals surface area contributed by atoms with E-state index in [1.54, 1.807) is 19.1 Å². The lowest BCUT2D eigenvalue weighted by atomic mass is 9.96. The van der Waals surface area contributed by atoms with Crippen LogP contribution in [-0.4, -0.2) is 16.4 Å². The fourth-order valence-electron chi connectivity index (χ4n) is 2.01. The van der Waals surface area contributed by atoms with Crippen molar-refractivity contribution in [1.82, 2.24) is 5.16 Å². The van der Waals surface area contributed by atoms with Gasteiger partial charge < -0.3 is 14.4 Å². The van der Waals surface area contributed by atoms with Gasteiger partial charge in [0.05, 0.1) is 11.8 Å². The van der Waals surface area contributed by atoms with Gasteiger partial charge >= 0.3 is 12.0 Å². The average molecular weight is 271 g/mol. The second-order valence-corrected chi connectivity index (χ2v) is 4.31. The summed E-state index contributed by atoms with van der Waals surface area (Å²) in [5.41, 5.74) is 0.613. The van der Waals surface area contributed by atoms with Crippen LogP contribution >= 0.6 is 0 Å². The Hall–Kier alpha value is -2.02. The van der Waals surface area contributed by atoms with E-state index in [4.69, 9.17) is 9.26 Å². The molecule has 0 fully saturated rings. The zero-order valence-corrected chi connectivity index (χ0v) is 9.65. The third-order valence-corrected chi connectivity index (χ3v) is 2.96. The van der Waals surface area contributed by atoms with Crippen LogP contribution in [-0.2, 0) is 5.79 Å². The summed E-state index contributed by atoms with van der Waals surface area (Å²) in [6.45, 7) is 1.78. The Morgan fingerprint density at radius 2 is 2.05 bits per heavy atom. The summed E-state index contributed by atoms with van der Waals surface area (Å²) in [5.74, 6) is -3.68. The molecule has 1 aromatic carbocycles. The second-order valence-electron chi connectivity index (χ2n) is 4.31.